The summed E-state index contributed by atoms with van der Waals surface area (Å²) in [5.74, 6) is -3.07. The molecule has 1 aliphatic carbocycles. The minimum absolute atomic E-state index is 0.0593. The molecule has 36 heavy (non-hydrogen) atoms. The molecule has 3 aliphatic rings. The number of hydrogen-bond donors (Lipinski definition) is 6. The van der Waals surface area contributed by atoms with E-state index in [2.05, 4.69) is 0 Å². The van der Waals surface area contributed by atoms with Gasteiger partial charge in [0.25, 0.3) is 0 Å². The Hall–Kier alpha value is -2.58. The van der Waals surface area contributed by atoms with E-state index in [1.165, 1.54) is 12.1 Å². The second-order valence-corrected chi connectivity index (χ2v) is 9.32. The number of ether oxygens (including phenoxy) is 4. The number of rotatable bonds is 7. The number of aliphatic hydroxyl groups is 5. The van der Waals surface area contributed by atoms with Crippen molar-refractivity contribution in [3.05, 3.63) is 41.7 Å². The lowest BCUT2D eigenvalue weighted by Gasteiger charge is -2.44. The lowest BCUT2D eigenvalue weighted by Crippen LogP contribution is -2.61. The van der Waals surface area contributed by atoms with Gasteiger partial charge in [0.15, 0.2) is 17.7 Å². The third-order valence-electron chi connectivity index (χ3n) is 6.95. The average Bonchev–Trinajstić information content (AvgIpc) is 3.09. The van der Waals surface area contributed by atoms with Crippen LogP contribution in [-0.2, 0) is 35.0 Å². The SMILES string of the molecule is C[C@@H]1CC(=O)[C@@]2(O)C(C(=O)OCCc3ccc(O)cc3)=CO[C@@H](O[C@H]3O[C@H](CO)[C@@H](O)[C@H](O)[C@H]3O)[C@H]12. The molecule has 1 saturated carbocycles. The van der Waals surface area contributed by atoms with Crippen molar-refractivity contribution in [3.8, 4) is 5.75 Å². The van der Waals surface area contributed by atoms with Crippen molar-refractivity contribution in [2.24, 2.45) is 11.8 Å². The molecule has 0 bridgehead atoms. The zero-order valence-electron chi connectivity index (χ0n) is 19.5. The van der Waals surface area contributed by atoms with Gasteiger partial charge in [-0.25, -0.2) is 4.79 Å². The normalized spacial score (nSPS) is 38.2. The highest BCUT2D eigenvalue weighted by atomic mass is 16.8. The molecular weight excluding hydrogens is 480 g/mol. The van der Waals surface area contributed by atoms with Crippen molar-refractivity contribution in [1.82, 2.24) is 0 Å². The van der Waals surface area contributed by atoms with Gasteiger partial charge < -0.3 is 49.6 Å². The predicted octanol–water partition coefficient (Wildman–Crippen LogP) is -1.51. The third-order valence-corrected chi connectivity index (χ3v) is 6.95. The number of aromatic hydroxyl groups is 1. The van der Waals surface area contributed by atoms with Crippen LogP contribution in [0.3, 0.4) is 0 Å². The van der Waals surface area contributed by atoms with Crippen molar-refractivity contribution in [2.45, 2.75) is 62.4 Å². The van der Waals surface area contributed by atoms with Gasteiger partial charge in [0.05, 0.1) is 19.1 Å². The molecule has 0 spiro atoms. The van der Waals surface area contributed by atoms with Crippen molar-refractivity contribution < 1.29 is 59.2 Å². The first kappa shape index (κ1) is 26.5. The summed E-state index contributed by atoms with van der Waals surface area (Å²) in [6, 6.07) is 6.32. The quantitative estimate of drug-likeness (QED) is 0.233. The number of fused-ring (bicyclic) bond motifs is 1. The van der Waals surface area contributed by atoms with E-state index >= 15 is 0 Å². The number of hydrogen-bond acceptors (Lipinski definition) is 12. The maximum absolute atomic E-state index is 12.9. The number of carbonyl (C=O) groups is 2. The fraction of sp³-hybridized carbons (Fsp3) is 0.583. The van der Waals surface area contributed by atoms with Crippen molar-refractivity contribution in [1.29, 1.82) is 0 Å². The summed E-state index contributed by atoms with van der Waals surface area (Å²) < 4.78 is 21.8. The van der Waals surface area contributed by atoms with Crippen LogP contribution in [0, 0.1) is 11.8 Å². The Bertz CT molecular complexity index is 991. The summed E-state index contributed by atoms with van der Waals surface area (Å²) in [5, 5.41) is 60.5. The average molecular weight is 510 g/mol. The van der Waals surface area contributed by atoms with E-state index in [1.807, 2.05) is 0 Å². The molecule has 1 aromatic carbocycles. The number of ketones is 1. The lowest BCUT2D eigenvalue weighted by molar-refractivity contribution is -0.346. The highest BCUT2D eigenvalue weighted by Crippen LogP contribution is 2.48. The molecule has 1 saturated heterocycles. The Morgan fingerprint density at radius 2 is 1.81 bits per heavy atom. The smallest absolute Gasteiger partial charge is 0.340 e. The molecule has 0 amide bonds. The van der Waals surface area contributed by atoms with E-state index in [0.717, 1.165) is 11.8 Å². The standard InChI is InChI=1S/C24H30O12/c1-11-8-16(27)24(32)14(21(31)33-7-6-12-2-4-13(26)5-3-12)10-34-22(17(11)24)36-23-20(30)19(29)18(28)15(9-25)35-23/h2-5,10-11,15,17-20,22-23,25-26,28-30,32H,6-9H2,1H3/t11-,15-,17+,18-,19+,20-,22+,23-,24+/m1/s1. The van der Waals surface area contributed by atoms with Crippen LogP contribution < -0.4 is 0 Å². The highest BCUT2D eigenvalue weighted by Gasteiger charge is 2.63. The first-order valence-electron chi connectivity index (χ1n) is 11.6. The van der Waals surface area contributed by atoms with Crippen molar-refractivity contribution in [3.63, 3.8) is 0 Å². The Kier molecular flexibility index (Phi) is 7.67. The van der Waals surface area contributed by atoms with Crippen molar-refractivity contribution >= 4 is 11.8 Å². The predicted molar refractivity (Wildman–Crippen MR) is 118 cm³/mol. The summed E-state index contributed by atoms with van der Waals surface area (Å²) in [6.45, 7) is 0.932. The van der Waals surface area contributed by atoms with Gasteiger partial charge in [-0.15, -0.1) is 0 Å². The van der Waals surface area contributed by atoms with Crippen LogP contribution in [0.25, 0.3) is 0 Å². The lowest BCUT2D eigenvalue weighted by atomic mass is 9.78. The van der Waals surface area contributed by atoms with Crippen LogP contribution in [0.2, 0.25) is 0 Å². The van der Waals surface area contributed by atoms with Gasteiger partial charge in [0, 0.05) is 12.8 Å². The van der Waals surface area contributed by atoms with Crippen LogP contribution in [-0.4, -0.2) is 98.2 Å². The number of phenolic OH excluding ortho intramolecular Hbond substituents is 1. The van der Waals surface area contributed by atoms with E-state index in [-0.39, 0.29) is 24.4 Å². The second kappa shape index (κ2) is 10.4. The van der Waals surface area contributed by atoms with E-state index < -0.39 is 72.8 Å². The molecular formula is C24H30O12. The molecule has 2 heterocycles. The fourth-order valence-corrected chi connectivity index (χ4v) is 4.91. The monoisotopic (exact) mass is 510 g/mol. The number of aliphatic hydroxyl groups excluding tert-OH is 4. The summed E-state index contributed by atoms with van der Waals surface area (Å²) >= 11 is 0. The summed E-state index contributed by atoms with van der Waals surface area (Å²) in [7, 11) is 0. The largest absolute Gasteiger partial charge is 0.508 e. The number of phenols is 1. The van der Waals surface area contributed by atoms with E-state index in [9.17, 15) is 40.2 Å². The van der Waals surface area contributed by atoms with Crippen LogP contribution >= 0.6 is 0 Å². The van der Waals surface area contributed by atoms with Crippen LogP contribution in [0.4, 0.5) is 0 Å². The molecule has 198 valence electrons. The Morgan fingerprint density at radius 1 is 1.11 bits per heavy atom. The summed E-state index contributed by atoms with van der Waals surface area (Å²) in [5.41, 5.74) is -1.88. The number of carbonyl (C=O) groups excluding carboxylic acids is 2. The molecule has 0 unspecified atom stereocenters. The van der Waals surface area contributed by atoms with Gasteiger partial charge in [-0.05, 0) is 23.6 Å². The summed E-state index contributed by atoms with van der Waals surface area (Å²) in [4.78, 5) is 25.7. The maximum atomic E-state index is 12.9. The Labute approximate surface area is 206 Å². The first-order valence-corrected chi connectivity index (χ1v) is 11.6. The van der Waals surface area contributed by atoms with E-state index in [4.69, 9.17) is 18.9 Å². The minimum atomic E-state index is -2.29. The summed E-state index contributed by atoms with van der Waals surface area (Å²) in [6.07, 6.45) is -8.05. The van der Waals surface area contributed by atoms with Gasteiger partial charge in [0.2, 0.25) is 6.29 Å². The van der Waals surface area contributed by atoms with Crippen LogP contribution in [0.15, 0.2) is 36.1 Å². The molecule has 9 atom stereocenters. The molecule has 12 nitrogen and oxygen atoms in total. The third kappa shape index (κ3) is 4.73. The zero-order valence-corrected chi connectivity index (χ0v) is 19.5. The van der Waals surface area contributed by atoms with Gasteiger partial charge in [-0.1, -0.05) is 19.1 Å². The van der Waals surface area contributed by atoms with Gasteiger partial charge in [0.1, 0.15) is 42.0 Å². The maximum Gasteiger partial charge on any atom is 0.340 e. The van der Waals surface area contributed by atoms with Gasteiger partial charge in [-0.2, -0.15) is 0 Å². The van der Waals surface area contributed by atoms with Gasteiger partial charge in [-0.3, -0.25) is 4.79 Å². The number of benzene rings is 1. The number of Topliss-reactive ketones (excluding diaryl/α,β-unsaturated/α-hetero) is 1. The first-order chi connectivity index (χ1) is 17.1. The molecule has 1 aromatic rings. The molecule has 4 rings (SSSR count). The molecule has 2 aliphatic heterocycles. The van der Waals surface area contributed by atoms with Crippen LogP contribution in [0.1, 0.15) is 18.9 Å². The van der Waals surface area contributed by atoms with Crippen molar-refractivity contribution in [2.75, 3.05) is 13.2 Å². The molecule has 0 aromatic heterocycles. The Morgan fingerprint density at radius 3 is 2.47 bits per heavy atom. The second-order valence-electron chi connectivity index (χ2n) is 9.32. The van der Waals surface area contributed by atoms with E-state index in [0.29, 0.717) is 6.42 Å². The molecule has 0 radical (unpaired) electrons. The topological polar surface area (TPSA) is 192 Å². The molecule has 6 N–H and O–H groups in total. The van der Waals surface area contributed by atoms with Gasteiger partial charge >= 0.3 is 5.97 Å². The highest BCUT2D eigenvalue weighted by molar-refractivity contribution is 6.04. The molecule has 12 heteroatoms. The fourth-order valence-electron chi connectivity index (χ4n) is 4.91. The van der Waals surface area contributed by atoms with Crippen LogP contribution in [0.5, 0.6) is 5.75 Å². The minimum Gasteiger partial charge on any atom is -0.508 e. The zero-order chi connectivity index (χ0) is 26.2. The van der Waals surface area contributed by atoms with E-state index in [1.54, 1.807) is 19.1 Å². The Balaban J connectivity index is 1.49. The molecule has 2 fully saturated rings. The number of esters is 1.